The summed E-state index contributed by atoms with van der Waals surface area (Å²) in [6, 6.07) is 15.1. The molecule has 0 atom stereocenters. The molecule has 0 bridgehead atoms. The van der Waals surface area contributed by atoms with Gasteiger partial charge in [0.1, 0.15) is 0 Å². The summed E-state index contributed by atoms with van der Waals surface area (Å²) < 4.78 is 0. The van der Waals surface area contributed by atoms with Crippen molar-refractivity contribution in [1.82, 2.24) is 4.90 Å². The minimum absolute atomic E-state index is 0.0150. The molecule has 0 radical (unpaired) electrons. The van der Waals surface area contributed by atoms with Gasteiger partial charge in [-0.25, -0.2) is 0 Å². The molecule has 0 aromatic heterocycles. The van der Waals surface area contributed by atoms with E-state index in [1.165, 1.54) is 4.90 Å². The Kier molecular flexibility index (Phi) is 6.44. The monoisotopic (exact) mass is 342 g/mol. The lowest BCUT2D eigenvalue weighted by atomic mass is 10.1. The quantitative estimate of drug-likeness (QED) is 0.815. The van der Waals surface area contributed by atoms with E-state index in [0.717, 1.165) is 22.6 Å². The summed E-state index contributed by atoms with van der Waals surface area (Å²) in [6.07, 6.45) is 2.83. The van der Waals surface area contributed by atoms with Crippen LogP contribution in [0.4, 0.5) is 5.69 Å². The van der Waals surface area contributed by atoms with Crippen LogP contribution in [0.3, 0.4) is 0 Å². The first kappa shape index (κ1) is 18.1. The molecule has 0 saturated heterocycles. The third-order valence-electron chi connectivity index (χ3n) is 3.74. The zero-order chi connectivity index (χ0) is 17.5. The highest BCUT2D eigenvalue weighted by Crippen LogP contribution is 2.17. The van der Waals surface area contributed by atoms with Gasteiger partial charge in [0.05, 0.1) is 6.54 Å². The van der Waals surface area contributed by atoms with Crippen molar-refractivity contribution in [3.8, 4) is 0 Å². The van der Waals surface area contributed by atoms with E-state index in [9.17, 15) is 9.59 Å². The molecule has 1 N–H and O–H groups in total. The van der Waals surface area contributed by atoms with Crippen molar-refractivity contribution in [2.45, 2.75) is 18.2 Å². The zero-order valence-corrected chi connectivity index (χ0v) is 15.0. The van der Waals surface area contributed by atoms with Gasteiger partial charge in [0.15, 0.2) is 0 Å². The van der Waals surface area contributed by atoms with E-state index in [0.29, 0.717) is 5.56 Å². The molecule has 126 valence electrons. The number of aryl methyl sites for hydroxylation is 1. The van der Waals surface area contributed by atoms with Gasteiger partial charge in [-0.15, -0.1) is 11.8 Å². The van der Waals surface area contributed by atoms with Gasteiger partial charge in [-0.3, -0.25) is 9.59 Å². The average molecular weight is 342 g/mol. The van der Waals surface area contributed by atoms with Gasteiger partial charge in [0, 0.05) is 23.2 Å². The Bertz CT molecular complexity index is 714. The molecular formula is C19H22N2O2S. The number of para-hydroxylation sites is 1. The number of benzene rings is 2. The van der Waals surface area contributed by atoms with Gasteiger partial charge in [-0.05, 0) is 48.6 Å². The van der Waals surface area contributed by atoms with Crippen LogP contribution in [0.15, 0.2) is 53.4 Å². The van der Waals surface area contributed by atoms with Crippen LogP contribution < -0.4 is 5.32 Å². The molecule has 2 rings (SSSR count). The number of amides is 2. The minimum Gasteiger partial charge on any atom is -0.332 e. The lowest BCUT2D eigenvalue weighted by molar-refractivity contribution is -0.116. The summed E-state index contributed by atoms with van der Waals surface area (Å²) in [5, 5.41) is 2.88. The highest BCUT2D eigenvalue weighted by Gasteiger charge is 2.15. The molecule has 0 fully saturated rings. The molecule has 2 aromatic carbocycles. The maximum absolute atomic E-state index is 12.4. The first-order valence-corrected chi connectivity index (χ1v) is 9.05. The van der Waals surface area contributed by atoms with E-state index in [-0.39, 0.29) is 18.4 Å². The smallest absolute Gasteiger partial charge is 0.254 e. The van der Waals surface area contributed by atoms with Gasteiger partial charge in [-0.1, -0.05) is 25.1 Å². The Balaban J connectivity index is 1.98. The average Bonchev–Trinajstić information content (AvgIpc) is 2.61. The molecular weight excluding hydrogens is 320 g/mol. The first-order valence-electron chi connectivity index (χ1n) is 7.82. The van der Waals surface area contributed by atoms with Crippen molar-refractivity contribution in [1.29, 1.82) is 0 Å². The molecule has 0 spiro atoms. The fourth-order valence-electron chi connectivity index (χ4n) is 2.38. The summed E-state index contributed by atoms with van der Waals surface area (Å²) in [6.45, 7) is 2.06. The van der Waals surface area contributed by atoms with E-state index >= 15 is 0 Å². The van der Waals surface area contributed by atoms with Gasteiger partial charge >= 0.3 is 0 Å². The summed E-state index contributed by atoms with van der Waals surface area (Å²) in [7, 11) is 1.64. The summed E-state index contributed by atoms with van der Waals surface area (Å²) in [5.41, 5.74) is 2.46. The number of carbonyl (C=O) groups is 2. The van der Waals surface area contributed by atoms with Gasteiger partial charge in [0.25, 0.3) is 5.91 Å². The predicted molar refractivity (Wildman–Crippen MR) is 99.6 cm³/mol. The van der Waals surface area contributed by atoms with Crippen LogP contribution in [0.2, 0.25) is 0 Å². The molecule has 0 aliphatic carbocycles. The van der Waals surface area contributed by atoms with E-state index in [2.05, 4.69) is 5.32 Å². The molecule has 0 aliphatic rings. The Labute approximate surface area is 147 Å². The summed E-state index contributed by atoms with van der Waals surface area (Å²) in [5.74, 6) is -0.367. The maximum Gasteiger partial charge on any atom is 0.254 e. The number of thioether (sulfide) groups is 1. The molecule has 2 aromatic rings. The minimum atomic E-state index is -0.201. The topological polar surface area (TPSA) is 49.4 Å². The highest BCUT2D eigenvalue weighted by molar-refractivity contribution is 7.98. The molecule has 0 aliphatic heterocycles. The third kappa shape index (κ3) is 4.61. The summed E-state index contributed by atoms with van der Waals surface area (Å²) >= 11 is 1.62. The second kappa shape index (κ2) is 8.55. The van der Waals surface area contributed by atoms with Crippen LogP contribution in [0.1, 0.15) is 22.8 Å². The highest BCUT2D eigenvalue weighted by atomic mass is 32.2. The fourth-order valence-corrected chi connectivity index (χ4v) is 2.79. The molecule has 4 nitrogen and oxygen atoms in total. The van der Waals surface area contributed by atoms with Gasteiger partial charge in [0.2, 0.25) is 5.91 Å². The van der Waals surface area contributed by atoms with Crippen LogP contribution in [0.25, 0.3) is 0 Å². The van der Waals surface area contributed by atoms with E-state index < -0.39 is 0 Å². The second-order valence-electron chi connectivity index (χ2n) is 5.45. The number of rotatable bonds is 6. The molecule has 0 unspecified atom stereocenters. The lowest BCUT2D eigenvalue weighted by Crippen LogP contribution is -2.35. The maximum atomic E-state index is 12.4. The van der Waals surface area contributed by atoms with Gasteiger partial charge in [-0.2, -0.15) is 0 Å². The largest absolute Gasteiger partial charge is 0.332 e. The van der Waals surface area contributed by atoms with E-state index in [1.54, 1.807) is 30.9 Å². The normalized spacial score (nSPS) is 10.3. The standard InChI is InChI=1S/C19H22N2O2S/c1-4-14-7-5-6-8-17(14)20-18(22)13-21(2)19(23)15-9-11-16(24-3)12-10-15/h5-12H,4,13H2,1-3H3,(H,20,22). The summed E-state index contributed by atoms with van der Waals surface area (Å²) in [4.78, 5) is 27.1. The van der Waals surface area contributed by atoms with Crippen LogP contribution in [0, 0.1) is 0 Å². The Morgan fingerprint density at radius 2 is 1.75 bits per heavy atom. The number of likely N-dealkylation sites (N-methyl/N-ethyl adjacent to an activating group) is 1. The number of nitrogens with one attached hydrogen (secondary N) is 1. The number of nitrogens with zero attached hydrogens (tertiary/aromatic N) is 1. The second-order valence-corrected chi connectivity index (χ2v) is 6.33. The Morgan fingerprint density at radius 1 is 1.08 bits per heavy atom. The molecule has 5 heteroatoms. The SMILES string of the molecule is CCc1ccccc1NC(=O)CN(C)C(=O)c1ccc(SC)cc1. The molecule has 24 heavy (non-hydrogen) atoms. The number of anilines is 1. The lowest BCUT2D eigenvalue weighted by Gasteiger charge is -2.18. The Morgan fingerprint density at radius 3 is 2.38 bits per heavy atom. The van der Waals surface area contributed by atoms with Crippen molar-refractivity contribution in [3.63, 3.8) is 0 Å². The van der Waals surface area contributed by atoms with Crippen LogP contribution in [-0.2, 0) is 11.2 Å². The van der Waals surface area contributed by atoms with Crippen molar-refractivity contribution in [2.24, 2.45) is 0 Å². The first-order chi connectivity index (χ1) is 11.5. The Hall–Kier alpha value is -2.27. The van der Waals surface area contributed by atoms with Crippen molar-refractivity contribution >= 4 is 29.3 Å². The van der Waals surface area contributed by atoms with Gasteiger partial charge < -0.3 is 10.2 Å². The number of carbonyl (C=O) groups excluding carboxylic acids is 2. The predicted octanol–water partition coefficient (Wildman–Crippen LogP) is 3.68. The number of hydrogen-bond acceptors (Lipinski definition) is 3. The molecule has 0 saturated carbocycles. The van der Waals surface area contributed by atoms with Crippen LogP contribution in [0.5, 0.6) is 0 Å². The van der Waals surface area contributed by atoms with Crippen LogP contribution >= 0.6 is 11.8 Å². The number of hydrogen-bond donors (Lipinski definition) is 1. The third-order valence-corrected chi connectivity index (χ3v) is 4.48. The fraction of sp³-hybridized carbons (Fsp3) is 0.263. The van der Waals surface area contributed by atoms with Crippen molar-refractivity contribution in [2.75, 3.05) is 25.2 Å². The molecule has 2 amide bonds. The van der Waals surface area contributed by atoms with E-state index in [1.807, 2.05) is 49.6 Å². The van der Waals surface area contributed by atoms with Crippen LogP contribution in [-0.4, -0.2) is 36.6 Å². The van der Waals surface area contributed by atoms with Crippen molar-refractivity contribution in [3.05, 3.63) is 59.7 Å². The molecule has 0 heterocycles. The van der Waals surface area contributed by atoms with E-state index in [4.69, 9.17) is 0 Å². The van der Waals surface area contributed by atoms with Crippen molar-refractivity contribution < 1.29 is 9.59 Å². The zero-order valence-electron chi connectivity index (χ0n) is 14.2.